The summed E-state index contributed by atoms with van der Waals surface area (Å²) in [5.74, 6) is 0. The van der Waals surface area contributed by atoms with Crippen LogP contribution in [0, 0.1) is 0 Å². The van der Waals surface area contributed by atoms with E-state index >= 15 is 0 Å². The van der Waals surface area contributed by atoms with E-state index in [1.165, 1.54) is 0 Å². The quantitative estimate of drug-likeness (QED) is 0.746. The molecule has 0 amide bonds. The lowest BCUT2D eigenvalue weighted by atomic mass is 10.2. The minimum atomic E-state index is 0.0125. The van der Waals surface area contributed by atoms with Crippen molar-refractivity contribution in [3.8, 4) is 0 Å². The summed E-state index contributed by atoms with van der Waals surface area (Å²) in [5, 5.41) is 0.728. The van der Waals surface area contributed by atoms with Crippen molar-refractivity contribution in [3.05, 3.63) is 22.6 Å². The van der Waals surface area contributed by atoms with Crippen LogP contribution in [0.4, 0.5) is 0 Å². The van der Waals surface area contributed by atoms with Gasteiger partial charge in [-0.3, -0.25) is 4.57 Å². The van der Waals surface area contributed by atoms with E-state index in [0.29, 0.717) is 10.2 Å². The smallest absolute Gasteiger partial charge is 0.163 e. The molecule has 0 radical (unpaired) electrons. The number of hydrogen-bond donors (Lipinski definition) is 0. The number of pyridine rings is 1. The van der Waals surface area contributed by atoms with Crippen LogP contribution in [-0.4, -0.2) is 21.1 Å². The van der Waals surface area contributed by atoms with Crippen molar-refractivity contribution in [2.45, 2.75) is 25.5 Å². The van der Waals surface area contributed by atoms with E-state index in [0.717, 1.165) is 37.0 Å². The Morgan fingerprint density at radius 1 is 1.35 bits per heavy atom. The van der Waals surface area contributed by atoms with Crippen LogP contribution in [-0.2, 0) is 4.74 Å². The summed E-state index contributed by atoms with van der Waals surface area (Å²) in [7, 11) is 0. The number of nitrogens with zero attached hydrogens (tertiary/aromatic N) is 3. The number of imidazole rings is 1. The highest BCUT2D eigenvalue weighted by atomic mass is 35.5. The molecule has 0 aromatic carbocycles. The van der Waals surface area contributed by atoms with Crippen molar-refractivity contribution in [2.75, 3.05) is 6.61 Å². The summed E-state index contributed by atoms with van der Waals surface area (Å²) in [6, 6.07) is 1.73. The van der Waals surface area contributed by atoms with Crippen LogP contribution in [0.3, 0.4) is 0 Å². The minimum absolute atomic E-state index is 0.0125. The maximum Gasteiger partial charge on any atom is 0.163 e. The van der Waals surface area contributed by atoms with Gasteiger partial charge in [-0.1, -0.05) is 23.2 Å². The van der Waals surface area contributed by atoms with Crippen LogP contribution in [0.25, 0.3) is 11.2 Å². The van der Waals surface area contributed by atoms with Crippen LogP contribution in [0.15, 0.2) is 12.4 Å². The Morgan fingerprint density at radius 3 is 3.00 bits per heavy atom. The molecule has 1 saturated heterocycles. The number of rotatable bonds is 1. The van der Waals surface area contributed by atoms with Gasteiger partial charge in [0.25, 0.3) is 0 Å². The average Bonchev–Trinajstić information content (AvgIpc) is 2.74. The summed E-state index contributed by atoms with van der Waals surface area (Å²) >= 11 is 11.8. The lowest BCUT2D eigenvalue weighted by Gasteiger charge is -2.23. The molecular formula is C11H11Cl2N3O. The van der Waals surface area contributed by atoms with Gasteiger partial charge in [0.2, 0.25) is 0 Å². The summed E-state index contributed by atoms with van der Waals surface area (Å²) in [4.78, 5) is 8.54. The summed E-state index contributed by atoms with van der Waals surface area (Å²) in [6.07, 6.45) is 5.00. The van der Waals surface area contributed by atoms with Crippen molar-refractivity contribution < 1.29 is 4.74 Å². The first kappa shape index (κ1) is 11.3. The molecule has 1 atom stereocenters. The Labute approximate surface area is 109 Å². The molecule has 3 heterocycles. The molecule has 1 aliphatic rings. The molecule has 0 bridgehead atoms. The molecule has 2 aromatic rings. The van der Waals surface area contributed by atoms with Gasteiger partial charge >= 0.3 is 0 Å². The maximum atomic E-state index is 5.93. The van der Waals surface area contributed by atoms with Gasteiger partial charge in [-0.25, -0.2) is 9.97 Å². The molecule has 6 heteroatoms. The fourth-order valence-electron chi connectivity index (χ4n) is 2.07. The van der Waals surface area contributed by atoms with Gasteiger partial charge in [-0.2, -0.15) is 0 Å². The predicted octanol–water partition coefficient (Wildman–Crippen LogP) is 3.44. The highest BCUT2D eigenvalue weighted by Crippen LogP contribution is 2.28. The minimum Gasteiger partial charge on any atom is -0.358 e. The standard InChI is InChI=1S/C11H11Cl2N3O/c12-7-5-8-11(15-10(7)13)16(6-14-8)9-3-1-2-4-17-9/h5-6,9H,1-4H2. The molecule has 4 nitrogen and oxygen atoms in total. The van der Waals surface area contributed by atoms with Gasteiger partial charge in [-0.15, -0.1) is 0 Å². The molecule has 1 aliphatic heterocycles. The first-order chi connectivity index (χ1) is 8.25. The Morgan fingerprint density at radius 2 is 2.24 bits per heavy atom. The van der Waals surface area contributed by atoms with E-state index in [9.17, 15) is 0 Å². The largest absolute Gasteiger partial charge is 0.358 e. The second-order valence-electron chi connectivity index (χ2n) is 4.08. The molecular weight excluding hydrogens is 261 g/mol. The third kappa shape index (κ3) is 2.01. The third-order valence-corrected chi connectivity index (χ3v) is 3.60. The molecule has 0 spiro atoms. The highest BCUT2D eigenvalue weighted by molar-refractivity contribution is 6.41. The zero-order chi connectivity index (χ0) is 11.8. The number of ether oxygens (including phenoxy) is 1. The van der Waals surface area contributed by atoms with E-state index < -0.39 is 0 Å². The molecule has 90 valence electrons. The van der Waals surface area contributed by atoms with Gasteiger partial charge in [0.1, 0.15) is 16.9 Å². The second-order valence-corrected chi connectivity index (χ2v) is 4.84. The molecule has 0 aliphatic carbocycles. The molecule has 1 fully saturated rings. The summed E-state index contributed by atoms with van der Waals surface area (Å²) in [6.45, 7) is 0.783. The fraction of sp³-hybridized carbons (Fsp3) is 0.455. The predicted molar refractivity (Wildman–Crippen MR) is 66.4 cm³/mol. The Hall–Kier alpha value is -0.840. The van der Waals surface area contributed by atoms with Crippen LogP contribution in [0.2, 0.25) is 10.2 Å². The zero-order valence-corrected chi connectivity index (χ0v) is 10.6. The number of fused-ring (bicyclic) bond motifs is 1. The molecule has 1 unspecified atom stereocenters. The van der Waals surface area contributed by atoms with Gasteiger partial charge < -0.3 is 4.74 Å². The van der Waals surface area contributed by atoms with E-state index in [4.69, 9.17) is 27.9 Å². The normalized spacial score (nSPS) is 20.9. The van der Waals surface area contributed by atoms with E-state index in [1.807, 2.05) is 4.57 Å². The zero-order valence-electron chi connectivity index (χ0n) is 9.07. The van der Waals surface area contributed by atoms with Gasteiger partial charge in [0.15, 0.2) is 5.65 Å². The average molecular weight is 272 g/mol. The van der Waals surface area contributed by atoms with Crippen LogP contribution in [0.5, 0.6) is 0 Å². The first-order valence-corrected chi connectivity index (χ1v) is 6.31. The summed E-state index contributed by atoms with van der Waals surface area (Å²) in [5.41, 5.74) is 1.47. The van der Waals surface area contributed by atoms with Gasteiger partial charge in [0.05, 0.1) is 11.3 Å². The van der Waals surface area contributed by atoms with Crippen LogP contribution in [0.1, 0.15) is 25.5 Å². The van der Waals surface area contributed by atoms with Gasteiger partial charge in [0, 0.05) is 6.61 Å². The molecule has 0 saturated carbocycles. The topological polar surface area (TPSA) is 39.9 Å². The van der Waals surface area contributed by atoms with E-state index in [1.54, 1.807) is 12.4 Å². The fourth-order valence-corrected chi connectivity index (χ4v) is 2.35. The first-order valence-electron chi connectivity index (χ1n) is 5.56. The Kier molecular flexibility index (Phi) is 2.94. The lowest BCUT2D eigenvalue weighted by molar-refractivity contribution is -0.0298. The van der Waals surface area contributed by atoms with Crippen LogP contribution < -0.4 is 0 Å². The Balaban J connectivity index is 2.07. The van der Waals surface area contributed by atoms with E-state index in [-0.39, 0.29) is 6.23 Å². The third-order valence-electron chi connectivity index (χ3n) is 2.93. The number of aromatic nitrogens is 3. The van der Waals surface area contributed by atoms with Crippen molar-refractivity contribution in [1.29, 1.82) is 0 Å². The number of hydrogen-bond acceptors (Lipinski definition) is 3. The SMILES string of the molecule is Clc1cc2ncn(C3CCCCO3)c2nc1Cl. The van der Waals surface area contributed by atoms with Crippen LogP contribution >= 0.6 is 23.2 Å². The highest BCUT2D eigenvalue weighted by Gasteiger charge is 2.19. The monoisotopic (exact) mass is 271 g/mol. The molecule has 2 aromatic heterocycles. The maximum absolute atomic E-state index is 5.93. The van der Waals surface area contributed by atoms with Crippen molar-refractivity contribution in [3.63, 3.8) is 0 Å². The van der Waals surface area contributed by atoms with E-state index in [2.05, 4.69) is 9.97 Å². The molecule has 3 rings (SSSR count). The molecule has 0 N–H and O–H groups in total. The second kappa shape index (κ2) is 4.44. The van der Waals surface area contributed by atoms with Gasteiger partial charge in [-0.05, 0) is 25.3 Å². The van der Waals surface area contributed by atoms with Crippen molar-refractivity contribution in [1.82, 2.24) is 14.5 Å². The molecule has 17 heavy (non-hydrogen) atoms. The van der Waals surface area contributed by atoms with Crippen molar-refractivity contribution in [2.24, 2.45) is 0 Å². The van der Waals surface area contributed by atoms with Crippen molar-refractivity contribution >= 4 is 34.4 Å². The number of halogens is 2. The lowest BCUT2D eigenvalue weighted by Crippen LogP contribution is -2.17. The Bertz CT molecular complexity index is 549. The summed E-state index contributed by atoms with van der Waals surface area (Å²) < 4.78 is 7.63.